The Kier molecular flexibility index (Phi) is 4.69. The minimum atomic E-state index is -0.964. The van der Waals surface area contributed by atoms with E-state index < -0.39 is 11.9 Å². The highest BCUT2D eigenvalue weighted by molar-refractivity contribution is 9.10. The van der Waals surface area contributed by atoms with Crippen molar-refractivity contribution in [2.24, 2.45) is 5.92 Å². The summed E-state index contributed by atoms with van der Waals surface area (Å²) in [7, 11) is 1.64. The fraction of sp³-hybridized carbons (Fsp3) is 0.333. The van der Waals surface area contributed by atoms with Crippen LogP contribution in [0.3, 0.4) is 0 Å². The van der Waals surface area contributed by atoms with Gasteiger partial charge in [0.2, 0.25) is 5.91 Å². The highest BCUT2D eigenvalue weighted by atomic mass is 79.9. The quantitative estimate of drug-likeness (QED) is 0.929. The van der Waals surface area contributed by atoms with Gasteiger partial charge in [0.25, 0.3) is 0 Å². The van der Waals surface area contributed by atoms with Crippen LogP contribution in [-0.2, 0) is 9.59 Å². The fourth-order valence-electron chi connectivity index (χ4n) is 1.49. The van der Waals surface area contributed by atoms with Crippen molar-refractivity contribution in [1.29, 1.82) is 0 Å². The molecule has 1 aromatic rings. The molecule has 0 aromatic heterocycles. The molecule has 5 heteroatoms. The molecule has 0 saturated heterocycles. The SMILES string of the molecule is CC(CC(=O)O)C(=O)N(C)c1cccc(Br)c1. The van der Waals surface area contributed by atoms with Crippen LogP contribution in [0, 0.1) is 5.92 Å². The number of hydrogen-bond donors (Lipinski definition) is 1. The number of carbonyl (C=O) groups is 2. The van der Waals surface area contributed by atoms with Crippen molar-refractivity contribution in [3.05, 3.63) is 28.7 Å². The van der Waals surface area contributed by atoms with Crippen LogP contribution in [0.15, 0.2) is 28.7 Å². The number of halogens is 1. The van der Waals surface area contributed by atoms with E-state index >= 15 is 0 Å². The first-order valence-electron chi connectivity index (χ1n) is 5.16. The molecule has 4 nitrogen and oxygen atoms in total. The molecule has 1 atom stereocenters. The molecule has 92 valence electrons. The summed E-state index contributed by atoms with van der Waals surface area (Å²) in [5, 5.41) is 8.65. The smallest absolute Gasteiger partial charge is 0.304 e. The summed E-state index contributed by atoms with van der Waals surface area (Å²) < 4.78 is 0.875. The van der Waals surface area contributed by atoms with Crippen LogP contribution >= 0.6 is 15.9 Å². The molecular formula is C12H14BrNO3. The lowest BCUT2D eigenvalue weighted by Crippen LogP contribution is -2.32. The third kappa shape index (κ3) is 3.85. The van der Waals surface area contributed by atoms with Gasteiger partial charge in [-0.05, 0) is 18.2 Å². The van der Waals surface area contributed by atoms with E-state index in [4.69, 9.17) is 5.11 Å². The number of carboxylic acids is 1. The second-order valence-electron chi connectivity index (χ2n) is 3.88. The van der Waals surface area contributed by atoms with Gasteiger partial charge in [0, 0.05) is 23.1 Å². The van der Waals surface area contributed by atoms with E-state index in [1.54, 1.807) is 20.0 Å². The van der Waals surface area contributed by atoms with Crippen LogP contribution in [0.5, 0.6) is 0 Å². The molecule has 0 spiro atoms. The number of amides is 1. The second-order valence-corrected chi connectivity index (χ2v) is 4.79. The lowest BCUT2D eigenvalue weighted by Gasteiger charge is -2.20. The number of carbonyl (C=O) groups excluding carboxylic acids is 1. The highest BCUT2D eigenvalue weighted by Crippen LogP contribution is 2.20. The molecule has 0 heterocycles. The first kappa shape index (κ1) is 13.7. The monoisotopic (exact) mass is 299 g/mol. The van der Waals surface area contributed by atoms with Gasteiger partial charge in [0.05, 0.1) is 6.42 Å². The van der Waals surface area contributed by atoms with Crippen molar-refractivity contribution in [1.82, 2.24) is 0 Å². The van der Waals surface area contributed by atoms with E-state index in [1.165, 1.54) is 4.90 Å². The Labute approximate surface area is 108 Å². The van der Waals surface area contributed by atoms with Crippen molar-refractivity contribution >= 4 is 33.5 Å². The summed E-state index contributed by atoms with van der Waals surface area (Å²) in [6.07, 6.45) is -0.156. The number of carboxylic acid groups (broad SMARTS) is 1. The van der Waals surface area contributed by atoms with E-state index in [0.29, 0.717) is 0 Å². The van der Waals surface area contributed by atoms with E-state index in [9.17, 15) is 9.59 Å². The maximum atomic E-state index is 11.9. The van der Waals surface area contributed by atoms with Gasteiger partial charge in [-0.1, -0.05) is 28.9 Å². The Hall–Kier alpha value is -1.36. The Balaban J connectivity index is 2.79. The van der Waals surface area contributed by atoms with Crippen LogP contribution in [0.4, 0.5) is 5.69 Å². The summed E-state index contributed by atoms with van der Waals surface area (Å²) in [5.74, 6) is -1.70. The van der Waals surface area contributed by atoms with Gasteiger partial charge in [-0.15, -0.1) is 0 Å². The number of aliphatic carboxylic acids is 1. The first-order valence-corrected chi connectivity index (χ1v) is 5.96. The van der Waals surface area contributed by atoms with Crippen molar-refractivity contribution < 1.29 is 14.7 Å². The predicted molar refractivity (Wildman–Crippen MR) is 69.0 cm³/mol. The molecule has 0 aliphatic carbocycles. The maximum absolute atomic E-state index is 11.9. The standard InChI is InChI=1S/C12H14BrNO3/c1-8(6-11(15)16)12(17)14(2)10-5-3-4-9(13)7-10/h3-5,7-8H,6H2,1-2H3,(H,15,16). The fourth-order valence-corrected chi connectivity index (χ4v) is 1.88. The molecular weight excluding hydrogens is 286 g/mol. The zero-order chi connectivity index (χ0) is 13.0. The topological polar surface area (TPSA) is 57.6 Å². The van der Waals surface area contributed by atoms with E-state index in [1.807, 2.05) is 18.2 Å². The zero-order valence-electron chi connectivity index (χ0n) is 9.68. The third-order valence-corrected chi connectivity index (χ3v) is 2.92. The van der Waals surface area contributed by atoms with Crippen LogP contribution in [0.2, 0.25) is 0 Å². The molecule has 1 aromatic carbocycles. The highest BCUT2D eigenvalue weighted by Gasteiger charge is 2.21. The minimum Gasteiger partial charge on any atom is -0.481 e. The van der Waals surface area contributed by atoms with Crippen molar-refractivity contribution in [2.45, 2.75) is 13.3 Å². The molecule has 0 radical (unpaired) electrons. The molecule has 1 rings (SSSR count). The van der Waals surface area contributed by atoms with Crippen LogP contribution in [0.25, 0.3) is 0 Å². The lowest BCUT2D eigenvalue weighted by molar-refractivity contribution is -0.140. The summed E-state index contributed by atoms with van der Waals surface area (Å²) in [6.45, 7) is 1.62. The van der Waals surface area contributed by atoms with Gasteiger partial charge < -0.3 is 10.0 Å². The van der Waals surface area contributed by atoms with Gasteiger partial charge in [-0.25, -0.2) is 0 Å². The Bertz CT molecular complexity index is 434. The van der Waals surface area contributed by atoms with Crippen LogP contribution in [-0.4, -0.2) is 24.0 Å². The molecule has 1 N–H and O–H groups in total. The number of hydrogen-bond acceptors (Lipinski definition) is 2. The molecule has 0 saturated carbocycles. The molecule has 0 bridgehead atoms. The largest absolute Gasteiger partial charge is 0.481 e. The van der Waals surface area contributed by atoms with E-state index in [0.717, 1.165) is 10.2 Å². The number of rotatable bonds is 4. The molecule has 0 aliphatic heterocycles. The summed E-state index contributed by atoms with van der Waals surface area (Å²) in [6, 6.07) is 7.30. The van der Waals surface area contributed by atoms with Crippen molar-refractivity contribution in [3.8, 4) is 0 Å². The summed E-state index contributed by atoms with van der Waals surface area (Å²) in [5.41, 5.74) is 0.738. The van der Waals surface area contributed by atoms with Crippen LogP contribution in [0.1, 0.15) is 13.3 Å². The predicted octanol–water partition coefficient (Wildman–Crippen LogP) is 2.52. The molecule has 0 aliphatic rings. The lowest BCUT2D eigenvalue weighted by atomic mass is 10.1. The van der Waals surface area contributed by atoms with Crippen molar-refractivity contribution in [3.63, 3.8) is 0 Å². The average molecular weight is 300 g/mol. The molecule has 1 amide bonds. The molecule has 17 heavy (non-hydrogen) atoms. The van der Waals surface area contributed by atoms with E-state index in [-0.39, 0.29) is 12.3 Å². The third-order valence-electron chi connectivity index (χ3n) is 2.43. The first-order chi connectivity index (χ1) is 7.91. The molecule has 1 unspecified atom stereocenters. The Morgan fingerprint density at radius 2 is 2.12 bits per heavy atom. The number of benzene rings is 1. The Morgan fingerprint density at radius 3 is 2.65 bits per heavy atom. The zero-order valence-corrected chi connectivity index (χ0v) is 11.3. The second kappa shape index (κ2) is 5.82. The van der Waals surface area contributed by atoms with E-state index in [2.05, 4.69) is 15.9 Å². The van der Waals surface area contributed by atoms with Gasteiger partial charge in [0.1, 0.15) is 0 Å². The molecule has 0 fully saturated rings. The van der Waals surface area contributed by atoms with Gasteiger partial charge in [-0.2, -0.15) is 0 Å². The summed E-state index contributed by atoms with van der Waals surface area (Å²) >= 11 is 3.32. The number of anilines is 1. The normalized spacial score (nSPS) is 11.9. The van der Waals surface area contributed by atoms with Gasteiger partial charge >= 0.3 is 5.97 Å². The Morgan fingerprint density at radius 1 is 1.47 bits per heavy atom. The average Bonchev–Trinajstić information content (AvgIpc) is 2.26. The van der Waals surface area contributed by atoms with Gasteiger partial charge in [0.15, 0.2) is 0 Å². The van der Waals surface area contributed by atoms with Crippen molar-refractivity contribution in [2.75, 3.05) is 11.9 Å². The number of nitrogens with zero attached hydrogens (tertiary/aromatic N) is 1. The van der Waals surface area contributed by atoms with Crippen LogP contribution < -0.4 is 4.90 Å². The maximum Gasteiger partial charge on any atom is 0.304 e. The van der Waals surface area contributed by atoms with Gasteiger partial charge in [-0.3, -0.25) is 9.59 Å². The minimum absolute atomic E-state index is 0.156. The summed E-state index contributed by atoms with van der Waals surface area (Å²) in [4.78, 5) is 24.0.